The van der Waals surface area contributed by atoms with Gasteiger partial charge in [-0.3, -0.25) is 4.68 Å². The lowest BCUT2D eigenvalue weighted by atomic mass is 9.90. The Balaban J connectivity index is 1.74. The van der Waals surface area contributed by atoms with Gasteiger partial charge in [0.05, 0.1) is 11.2 Å². The van der Waals surface area contributed by atoms with Gasteiger partial charge in [0.15, 0.2) is 0 Å². The molecule has 1 unspecified atom stereocenters. The van der Waals surface area contributed by atoms with Crippen molar-refractivity contribution in [1.82, 2.24) is 15.1 Å². The van der Waals surface area contributed by atoms with Crippen LogP contribution in [0.3, 0.4) is 0 Å². The van der Waals surface area contributed by atoms with Crippen LogP contribution in [0.2, 0.25) is 0 Å². The molecular weight excluding hydrogens is 284 g/mol. The molecule has 2 fully saturated rings. The molecule has 0 saturated carbocycles. The lowest BCUT2D eigenvalue weighted by Crippen LogP contribution is -2.23. The van der Waals surface area contributed by atoms with Crippen molar-refractivity contribution in [3.8, 4) is 0 Å². The zero-order valence-electron chi connectivity index (χ0n) is 13.8. The van der Waals surface area contributed by atoms with Crippen molar-refractivity contribution in [2.45, 2.75) is 31.6 Å². The van der Waals surface area contributed by atoms with Crippen LogP contribution in [0.25, 0.3) is 10.9 Å². The molecule has 1 N–H and O–H groups in total. The molecule has 0 amide bonds. The van der Waals surface area contributed by atoms with Crippen LogP contribution in [0.4, 0.5) is 5.69 Å². The fourth-order valence-corrected chi connectivity index (χ4v) is 3.87. The number of hydrogen-bond acceptors (Lipinski definition) is 3. The molecule has 23 heavy (non-hydrogen) atoms. The van der Waals surface area contributed by atoms with E-state index >= 15 is 0 Å². The van der Waals surface area contributed by atoms with E-state index in [1.54, 1.807) is 0 Å². The van der Waals surface area contributed by atoms with Gasteiger partial charge in [-0.05, 0) is 43.9 Å². The van der Waals surface area contributed by atoms with Crippen LogP contribution in [0.15, 0.2) is 42.8 Å². The monoisotopic (exact) mass is 308 g/mol. The van der Waals surface area contributed by atoms with E-state index in [0.717, 1.165) is 29.9 Å². The van der Waals surface area contributed by atoms with Gasteiger partial charge in [-0.2, -0.15) is 5.10 Å². The number of allylic oxidation sites excluding steroid dienone is 2. The zero-order valence-corrected chi connectivity index (χ0v) is 13.8. The average molecular weight is 308 g/mol. The van der Waals surface area contributed by atoms with E-state index < -0.39 is 0 Å². The third-order valence-electron chi connectivity index (χ3n) is 5.16. The lowest BCUT2D eigenvalue weighted by Gasteiger charge is -2.26. The molecular formula is C19H24N4. The predicted octanol–water partition coefficient (Wildman–Crippen LogP) is 3.67. The summed E-state index contributed by atoms with van der Waals surface area (Å²) in [6, 6.07) is 6.77. The van der Waals surface area contributed by atoms with Gasteiger partial charge in [0, 0.05) is 48.5 Å². The van der Waals surface area contributed by atoms with Gasteiger partial charge in [-0.1, -0.05) is 13.2 Å². The fourth-order valence-electron chi connectivity index (χ4n) is 3.87. The third-order valence-corrected chi connectivity index (χ3v) is 5.16. The zero-order chi connectivity index (χ0) is 16.0. The van der Waals surface area contributed by atoms with Crippen LogP contribution < -0.4 is 10.2 Å². The molecule has 0 radical (unpaired) electrons. The normalized spacial score (nSPS) is 22.0. The Morgan fingerprint density at radius 3 is 2.74 bits per heavy atom. The van der Waals surface area contributed by atoms with E-state index in [0.29, 0.717) is 0 Å². The molecule has 4 nitrogen and oxygen atoms in total. The topological polar surface area (TPSA) is 33.1 Å². The maximum absolute atomic E-state index is 4.82. The van der Waals surface area contributed by atoms with Gasteiger partial charge >= 0.3 is 0 Å². The van der Waals surface area contributed by atoms with Crippen molar-refractivity contribution in [2.24, 2.45) is 7.05 Å². The van der Waals surface area contributed by atoms with Gasteiger partial charge in [-0.25, -0.2) is 0 Å². The summed E-state index contributed by atoms with van der Waals surface area (Å²) in [6.07, 6.45) is 4.61. The minimum Gasteiger partial charge on any atom is -0.371 e. The molecule has 2 aliphatic rings. The summed E-state index contributed by atoms with van der Waals surface area (Å²) in [5.74, 6) is 0.266. The van der Waals surface area contributed by atoms with E-state index in [1.807, 2.05) is 11.7 Å². The molecule has 1 aromatic carbocycles. The van der Waals surface area contributed by atoms with Crippen molar-refractivity contribution < 1.29 is 0 Å². The minimum absolute atomic E-state index is 0.266. The Morgan fingerprint density at radius 1 is 1.22 bits per heavy atom. The standard InChI is InChI=1S/C19H24N4/c1-13-6-8-16(14(2)20-13)19-17-9-7-15(23-10-4-5-11-23)12-18(17)22(3)21-19/h7,9,12,16,20H,1-2,4-6,8,10-11H2,3H3. The Kier molecular flexibility index (Phi) is 3.40. The van der Waals surface area contributed by atoms with Crippen molar-refractivity contribution >= 4 is 16.6 Å². The largest absolute Gasteiger partial charge is 0.371 e. The molecule has 3 heterocycles. The highest BCUT2D eigenvalue weighted by Gasteiger charge is 2.26. The Bertz CT molecular complexity index is 780. The molecule has 2 saturated heterocycles. The second-order valence-corrected chi connectivity index (χ2v) is 6.75. The van der Waals surface area contributed by atoms with Crippen LogP contribution in [0.1, 0.15) is 37.3 Å². The van der Waals surface area contributed by atoms with Gasteiger partial charge in [0.25, 0.3) is 0 Å². The summed E-state index contributed by atoms with van der Waals surface area (Å²) in [6.45, 7) is 10.5. The minimum atomic E-state index is 0.266. The maximum atomic E-state index is 4.82. The fraction of sp³-hybridized carbons (Fsp3) is 0.421. The molecule has 0 spiro atoms. The smallest absolute Gasteiger partial charge is 0.0792 e. The number of rotatable bonds is 2. The number of aromatic nitrogens is 2. The highest BCUT2D eigenvalue weighted by molar-refractivity contribution is 5.86. The Labute approximate surface area is 137 Å². The van der Waals surface area contributed by atoms with Gasteiger partial charge in [-0.15, -0.1) is 0 Å². The number of aryl methyl sites for hydroxylation is 1. The molecule has 2 aliphatic heterocycles. The third kappa shape index (κ3) is 2.42. The lowest BCUT2D eigenvalue weighted by molar-refractivity contribution is 0.575. The Morgan fingerprint density at radius 2 is 2.00 bits per heavy atom. The second-order valence-electron chi connectivity index (χ2n) is 6.75. The summed E-state index contributed by atoms with van der Waals surface area (Å²) in [4.78, 5) is 2.47. The highest BCUT2D eigenvalue weighted by Crippen LogP contribution is 2.36. The number of nitrogens with one attached hydrogen (secondary N) is 1. The summed E-state index contributed by atoms with van der Waals surface area (Å²) in [5, 5.41) is 9.38. The van der Waals surface area contributed by atoms with Crippen molar-refractivity contribution in [3.05, 3.63) is 48.4 Å². The van der Waals surface area contributed by atoms with E-state index in [9.17, 15) is 0 Å². The SMILES string of the molecule is C=C1CCC(c2nn(C)c3cc(N4CCCC4)ccc23)C(=C)N1. The molecule has 4 rings (SSSR count). The highest BCUT2D eigenvalue weighted by atomic mass is 15.3. The summed E-state index contributed by atoms with van der Waals surface area (Å²) < 4.78 is 2.01. The molecule has 0 bridgehead atoms. The van der Waals surface area contributed by atoms with Crippen LogP contribution in [-0.4, -0.2) is 22.9 Å². The van der Waals surface area contributed by atoms with E-state index in [4.69, 9.17) is 5.10 Å². The van der Waals surface area contributed by atoms with E-state index in [1.165, 1.54) is 42.5 Å². The first-order valence-corrected chi connectivity index (χ1v) is 8.48. The average Bonchev–Trinajstić information content (AvgIpc) is 3.16. The van der Waals surface area contributed by atoms with Gasteiger partial charge < -0.3 is 10.2 Å². The van der Waals surface area contributed by atoms with Crippen LogP contribution >= 0.6 is 0 Å². The molecule has 4 heteroatoms. The summed E-state index contributed by atoms with van der Waals surface area (Å²) >= 11 is 0. The van der Waals surface area contributed by atoms with Crippen molar-refractivity contribution in [2.75, 3.05) is 18.0 Å². The number of benzene rings is 1. The van der Waals surface area contributed by atoms with Crippen LogP contribution in [0, 0.1) is 0 Å². The first-order valence-electron chi connectivity index (χ1n) is 8.48. The van der Waals surface area contributed by atoms with Crippen LogP contribution in [-0.2, 0) is 7.05 Å². The first kappa shape index (κ1) is 14.4. The summed E-state index contributed by atoms with van der Waals surface area (Å²) in [7, 11) is 2.04. The molecule has 1 aromatic heterocycles. The molecule has 0 aliphatic carbocycles. The quantitative estimate of drug-likeness (QED) is 0.919. The summed E-state index contributed by atoms with van der Waals surface area (Å²) in [5.41, 5.74) is 5.74. The molecule has 2 aromatic rings. The predicted molar refractivity (Wildman–Crippen MR) is 95.6 cm³/mol. The maximum Gasteiger partial charge on any atom is 0.0792 e. The number of piperidine rings is 1. The van der Waals surface area contributed by atoms with Crippen molar-refractivity contribution in [1.29, 1.82) is 0 Å². The molecule has 120 valence electrons. The van der Waals surface area contributed by atoms with Crippen molar-refractivity contribution in [3.63, 3.8) is 0 Å². The Hall–Kier alpha value is -2.23. The van der Waals surface area contributed by atoms with Gasteiger partial charge in [0.1, 0.15) is 0 Å². The number of hydrogen-bond donors (Lipinski definition) is 1. The second kappa shape index (κ2) is 5.44. The van der Waals surface area contributed by atoms with Gasteiger partial charge in [0.2, 0.25) is 0 Å². The number of nitrogens with zero attached hydrogens (tertiary/aromatic N) is 3. The van der Waals surface area contributed by atoms with Crippen LogP contribution in [0.5, 0.6) is 0 Å². The van der Waals surface area contributed by atoms with E-state index in [2.05, 4.69) is 41.6 Å². The first-order chi connectivity index (χ1) is 11.1. The number of fused-ring (bicyclic) bond motifs is 1. The van der Waals surface area contributed by atoms with E-state index in [-0.39, 0.29) is 5.92 Å². The molecule has 1 atom stereocenters. The number of anilines is 1.